The molecule has 1 atom stereocenters. The second-order valence-corrected chi connectivity index (χ2v) is 41.2. The number of hydrogen-bond donors (Lipinski definition) is 0. The van der Waals surface area contributed by atoms with E-state index in [1.165, 1.54) is 62.4 Å². The van der Waals surface area contributed by atoms with E-state index >= 15 is 0 Å². The van der Waals surface area contributed by atoms with Crippen LogP contribution in [0, 0.1) is 69.2 Å². The average molecular weight is 1970 g/mol. The molecule has 0 N–H and O–H groups in total. The van der Waals surface area contributed by atoms with Crippen LogP contribution in [0.3, 0.4) is 0 Å². The average Bonchev–Trinajstić information content (AvgIpc) is 1.56. The monoisotopic (exact) mass is 1970 g/mol. The van der Waals surface area contributed by atoms with Gasteiger partial charge in [0, 0.05) is 155 Å². The zero-order valence-corrected chi connectivity index (χ0v) is 88.4. The SMILES string of the molecule is [2H]C(C)(C)c1cc[n+](C)c(-c2c(C)c3ccccc3c3c2oc2nc(C)ccc23)c1.[2H]C([2H])(C)c1cc[n+](C)c(-c2c(C)c3ccccc3c3c2oc2nc(C)ccc23)c1.[2H]C([2H])([2H])C([2H])(C)c1cc[n+](C)c(-c2c(C)c3ccccc3c3c2oc2nc(C)ccc23)c1.[2H]C1(c2cc[n+](C)c(-c3c(C)c4ccccc4c4c3oc3nc(C)ccc34)c2)CCCC1.[2H]C1(c2cc[n+](C)c(-c3c(C)c4ccccc4c4c3oc3nc(C)ccc34)c2)CCCCC1. The number of benzene rings is 10. The quantitative estimate of drug-likeness (QED) is 0.121. The highest BCUT2D eigenvalue weighted by Gasteiger charge is 2.34. The summed E-state index contributed by atoms with van der Waals surface area (Å²) in [4.78, 5) is 23.3. The van der Waals surface area contributed by atoms with Crippen LogP contribution in [0.1, 0.15) is 212 Å². The van der Waals surface area contributed by atoms with Crippen LogP contribution in [0.15, 0.2) is 296 Å². The van der Waals surface area contributed by atoms with Gasteiger partial charge in [-0.3, -0.25) is 0 Å². The van der Waals surface area contributed by atoms with Gasteiger partial charge >= 0.3 is 0 Å². The Morgan fingerprint density at radius 2 is 0.523 bits per heavy atom. The van der Waals surface area contributed by atoms with E-state index in [0.717, 1.165) is 262 Å². The molecular weight excluding hydrogens is 1830 g/mol. The second kappa shape index (κ2) is 39.0. The molecule has 2 fully saturated rings. The fourth-order valence-corrected chi connectivity index (χ4v) is 23.4. The summed E-state index contributed by atoms with van der Waals surface area (Å²) in [6.07, 6.45) is 18.0. The minimum atomic E-state index is -2.46. The third-order valence-corrected chi connectivity index (χ3v) is 31.3. The predicted molar refractivity (Wildman–Crippen MR) is 610 cm³/mol. The normalized spacial score (nSPS) is 15.2. The van der Waals surface area contributed by atoms with Gasteiger partial charge in [0.1, 0.15) is 35.2 Å². The third kappa shape index (κ3) is 17.0. The lowest BCUT2D eigenvalue weighted by atomic mass is 9.83. The van der Waals surface area contributed by atoms with Crippen molar-refractivity contribution in [2.24, 2.45) is 35.2 Å². The Morgan fingerprint density at radius 3 is 0.785 bits per heavy atom. The maximum absolute atomic E-state index is 9.21. The first-order valence-electron chi connectivity index (χ1n) is 56.5. The van der Waals surface area contributed by atoms with Gasteiger partial charge in [-0.1, -0.05) is 188 Å². The molecule has 2 aliphatic carbocycles. The van der Waals surface area contributed by atoms with Gasteiger partial charge in [0.15, 0.2) is 58.9 Å². The maximum atomic E-state index is 9.21. The molecule has 0 saturated heterocycles. The fourth-order valence-electron chi connectivity index (χ4n) is 23.4. The molecule has 0 amide bonds. The summed E-state index contributed by atoms with van der Waals surface area (Å²) in [6.45, 7) is 25.0. The molecule has 10 aromatic carbocycles. The number of aryl methyl sites for hydroxylation is 16. The van der Waals surface area contributed by atoms with Gasteiger partial charge in [-0.25, -0.2) is 47.8 Å². The lowest BCUT2D eigenvalue weighted by molar-refractivity contribution is -0.660. The number of rotatable bonds is 10. The third-order valence-electron chi connectivity index (χ3n) is 31.3. The molecule has 15 nitrogen and oxygen atoms in total. The summed E-state index contributed by atoms with van der Waals surface area (Å²) in [5.41, 5.74) is 32.0. The molecule has 15 aromatic heterocycles. The highest BCUT2D eigenvalue weighted by atomic mass is 16.4. The lowest BCUT2D eigenvalue weighted by Gasteiger charge is -2.22. The maximum Gasteiger partial charge on any atom is 0.227 e. The van der Waals surface area contributed by atoms with Crippen molar-refractivity contribution in [1.82, 2.24) is 24.9 Å². The van der Waals surface area contributed by atoms with Gasteiger partial charge in [-0.2, -0.15) is 0 Å². The zero-order valence-electron chi connectivity index (χ0n) is 97.4. The van der Waals surface area contributed by atoms with Crippen LogP contribution in [-0.2, 0) is 41.6 Å². The number of furan rings is 5. The van der Waals surface area contributed by atoms with Crippen molar-refractivity contribution in [2.75, 3.05) is 0 Å². The van der Waals surface area contributed by atoms with Crippen molar-refractivity contribution in [1.29, 1.82) is 0 Å². The van der Waals surface area contributed by atoms with Crippen LogP contribution in [0.25, 0.3) is 220 Å². The molecule has 25 aromatic rings. The Balaban J connectivity index is 0.000000107. The van der Waals surface area contributed by atoms with Gasteiger partial charge in [-0.15, -0.1) is 0 Å². The smallest absolute Gasteiger partial charge is 0.227 e. The molecule has 2 saturated carbocycles. The number of aromatic nitrogens is 10. The van der Waals surface area contributed by atoms with E-state index in [1.807, 2.05) is 164 Å². The summed E-state index contributed by atoms with van der Waals surface area (Å²) in [5, 5.41) is 22.2. The molecule has 15 heteroatoms. The molecule has 149 heavy (non-hydrogen) atoms. The molecule has 15 heterocycles. The topological polar surface area (TPSA) is 150 Å². The minimum absolute atomic E-state index is 0.432. The summed E-state index contributed by atoms with van der Waals surface area (Å²) in [7, 11) is 10.1. The zero-order chi connectivity index (χ0) is 111. The van der Waals surface area contributed by atoms with Crippen molar-refractivity contribution >= 4 is 164 Å². The molecule has 0 spiro atoms. The minimum Gasteiger partial charge on any atom is -0.437 e. The van der Waals surface area contributed by atoms with Crippen molar-refractivity contribution in [3.05, 3.63) is 358 Å². The standard InChI is InChI=1S/C29H29N2O.C28H27N2O.2C26H25N2O.C25H23N2O/c1-18-13-14-24-27-23-12-8-7-11-22(23)19(2)26(28(27)32-29(24)30-18)25-17-21(15-16-31(25)3)20-9-5-4-6-10-20;1-17-12-13-23-26-22-11-7-6-10-21(22)18(2)25(27(26)31-28(23)29-17)24-16-20(14-15-30(24)3)19-8-4-5-9-19;2*1-15(2)18-12-13-28(5)22(14-18)23-17(4)19-8-6-7-9-20(19)24-21-11-10-16(3)27-26(21)29-25(23)24;1-5-17-12-13-27(4)21(14-17)22-16(3)18-8-6-7-9-19(18)23-20-11-10-15(2)26-25(20)28-24(22)23/h7-8,11-17,20H,4-6,9-10H2,1-3H3;6-7,10-16,19H,4-5,8-9H2,1-3H3;2*6-15H,1-5H3;6-14H,5H2,1-4H3/q5*+1/i20D;19D;1D3,15D;15D;5D2. The van der Waals surface area contributed by atoms with Gasteiger partial charge in [0.25, 0.3) is 0 Å². The molecule has 740 valence electrons. The van der Waals surface area contributed by atoms with E-state index in [0.29, 0.717) is 45.3 Å². The molecule has 27 rings (SSSR count). The Bertz CT molecular complexity index is 10000. The van der Waals surface area contributed by atoms with Gasteiger partial charge in [-0.05, 0) is 295 Å². The molecule has 2 aliphatic rings. The second-order valence-electron chi connectivity index (χ2n) is 41.2. The van der Waals surface area contributed by atoms with E-state index in [4.69, 9.17) is 43.0 Å². The number of nitrogens with zero attached hydrogens (tertiary/aromatic N) is 10. The fraction of sp³-hybridized carbons (Fsp3) is 0.254. The Labute approximate surface area is 881 Å². The summed E-state index contributed by atoms with van der Waals surface area (Å²) in [5.74, 6) is -3.41. The highest BCUT2D eigenvalue weighted by molar-refractivity contribution is 6.28. The Kier molecular flexibility index (Phi) is 22.6. The molecular formula is C134H129N10O5+5. The van der Waals surface area contributed by atoms with Crippen LogP contribution in [0.5, 0.6) is 0 Å². The molecule has 1 unspecified atom stereocenters. The lowest BCUT2D eigenvalue weighted by Crippen LogP contribution is -2.31. The largest absolute Gasteiger partial charge is 0.437 e. The van der Waals surface area contributed by atoms with E-state index < -0.39 is 36.8 Å². The Morgan fingerprint density at radius 1 is 0.289 bits per heavy atom. The number of hydrogen-bond acceptors (Lipinski definition) is 10. The number of pyridine rings is 10. The summed E-state index contributed by atoms with van der Waals surface area (Å²) in [6, 6.07) is 83.0. The first-order valence-corrected chi connectivity index (χ1v) is 52.0. The van der Waals surface area contributed by atoms with Crippen molar-refractivity contribution < 1.29 is 57.3 Å². The van der Waals surface area contributed by atoms with Gasteiger partial charge < -0.3 is 22.1 Å². The van der Waals surface area contributed by atoms with Gasteiger partial charge in [0.2, 0.25) is 57.0 Å². The molecule has 0 bridgehead atoms. The first kappa shape index (κ1) is 86.2. The van der Waals surface area contributed by atoms with Crippen LogP contribution < -0.4 is 22.8 Å². The first-order chi connectivity index (χ1) is 75.4. The van der Waals surface area contributed by atoms with E-state index in [-0.39, 0.29) is 0 Å². The van der Waals surface area contributed by atoms with E-state index in [1.54, 1.807) is 13.0 Å². The van der Waals surface area contributed by atoms with Crippen LogP contribution in [0.2, 0.25) is 0 Å². The van der Waals surface area contributed by atoms with Crippen molar-refractivity contribution in [2.45, 2.75) is 192 Å². The van der Waals surface area contributed by atoms with Crippen LogP contribution in [0.4, 0.5) is 0 Å². The van der Waals surface area contributed by atoms with E-state index in [2.05, 4.69) is 260 Å². The van der Waals surface area contributed by atoms with Crippen molar-refractivity contribution in [3.63, 3.8) is 0 Å². The summed E-state index contributed by atoms with van der Waals surface area (Å²) < 4.78 is 118. The molecule has 0 aliphatic heterocycles. The molecule has 0 radical (unpaired) electrons. The van der Waals surface area contributed by atoms with E-state index in [9.17, 15) is 1.37 Å². The van der Waals surface area contributed by atoms with Crippen LogP contribution >= 0.6 is 0 Å². The van der Waals surface area contributed by atoms with Gasteiger partial charge in [0.05, 0.1) is 27.8 Å². The van der Waals surface area contributed by atoms with Crippen molar-refractivity contribution in [3.8, 4) is 56.3 Å². The summed E-state index contributed by atoms with van der Waals surface area (Å²) >= 11 is 0. The van der Waals surface area contributed by atoms with Crippen LogP contribution in [-0.4, -0.2) is 24.9 Å². The Hall–Kier alpha value is -16.0. The predicted octanol–water partition coefficient (Wildman–Crippen LogP) is 32.7. The highest BCUT2D eigenvalue weighted by Crippen LogP contribution is 2.51. The number of fused-ring (bicyclic) bond motifs is 25.